The van der Waals surface area contributed by atoms with Crippen molar-refractivity contribution in [2.45, 2.75) is 54.4 Å². The van der Waals surface area contributed by atoms with E-state index in [1.165, 1.54) is 18.3 Å². The van der Waals surface area contributed by atoms with E-state index in [-0.39, 0.29) is 11.4 Å². The van der Waals surface area contributed by atoms with Crippen LogP contribution in [-0.4, -0.2) is 13.1 Å². The Hall–Kier alpha value is -1.57. The maximum absolute atomic E-state index is 11.2. The van der Waals surface area contributed by atoms with Gasteiger partial charge in [0, 0.05) is 5.57 Å². The lowest BCUT2D eigenvalue weighted by atomic mass is 9.85. The number of esters is 1. The van der Waals surface area contributed by atoms with Gasteiger partial charge in [-0.05, 0) is 44.6 Å². The van der Waals surface area contributed by atoms with Crippen LogP contribution in [0, 0.1) is 5.41 Å². The fraction of sp³-hybridized carbons (Fsp3) is 0.526. The average molecular weight is 290 g/mol. The molecule has 0 saturated heterocycles. The molecule has 21 heavy (non-hydrogen) atoms. The molecule has 0 unspecified atom stereocenters. The molecule has 0 aliphatic carbocycles. The summed E-state index contributed by atoms with van der Waals surface area (Å²) in [5.41, 5.74) is 3.42. The normalized spacial score (nSPS) is 14.7. The minimum Gasteiger partial charge on any atom is -0.466 e. The SMILES string of the molecule is C\C=C(/C=C(C)/C=C/CC/C=C(\C)C(=O)OC)C(C)(C)C. The van der Waals surface area contributed by atoms with Crippen LogP contribution >= 0.6 is 0 Å². The highest BCUT2D eigenvalue weighted by Crippen LogP contribution is 2.27. The minimum absolute atomic E-state index is 0.171. The lowest BCUT2D eigenvalue weighted by molar-refractivity contribution is -0.136. The van der Waals surface area contributed by atoms with Crippen LogP contribution < -0.4 is 0 Å². The lowest BCUT2D eigenvalue weighted by Gasteiger charge is -2.20. The monoisotopic (exact) mass is 290 g/mol. The molecule has 0 bridgehead atoms. The fourth-order valence-corrected chi connectivity index (χ4v) is 1.94. The second kappa shape index (κ2) is 9.38. The molecule has 0 aromatic rings. The van der Waals surface area contributed by atoms with Gasteiger partial charge >= 0.3 is 5.97 Å². The fourth-order valence-electron chi connectivity index (χ4n) is 1.94. The molecule has 0 N–H and O–H groups in total. The number of ether oxygens (including phenoxy) is 1. The Morgan fingerprint density at radius 2 is 1.76 bits per heavy atom. The van der Waals surface area contributed by atoms with Crippen molar-refractivity contribution < 1.29 is 9.53 Å². The standard InChI is InChI=1S/C19H30O2/c1-8-17(19(4,5)6)14-15(2)12-10-9-11-13-16(3)18(20)21-7/h8,10,12-14H,9,11H2,1-7H3/b12-10+,15-14+,16-13+,17-8+. The van der Waals surface area contributed by atoms with Gasteiger partial charge in [-0.15, -0.1) is 0 Å². The minimum atomic E-state index is -0.252. The Kier molecular flexibility index (Phi) is 8.68. The Morgan fingerprint density at radius 1 is 1.14 bits per heavy atom. The summed E-state index contributed by atoms with van der Waals surface area (Å²) in [5, 5.41) is 0. The molecule has 0 aromatic heterocycles. The summed E-state index contributed by atoms with van der Waals surface area (Å²) in [6.07, 6.45) is 12.4. The molecule has 0 aromatic carbocycles. The molecule has 0 spiro atoms. The van der Waals surface area contributed by atoms with E-state index in [0.29, 0.717) is 5.57 Å². The Bertz CT molecular complexity index is 454. The molecule has 0 radical (unpaired) electrons. The van der Waals surface area contributed by atoms with Gasteiger partial charge in [0.1, 0.15) is 0 Å². The van der Waals surface area contributed by atoms with E-state index < -0.39 is 0 Å². The first-order chi connectivity index (χ1) is 9.72. The molecular formula is C19H30O2. The van der Waals surface area contributed by atoms with E-state index in [0.717, 1.165) is 12.8 Å². The zero-order chi connectivity index (χ0) is 16.5. The Morgan fingerprint density at radius 3 is 2.24 bits per heavy atom. The van der Waals surface area contributed by atoms with Crippen molar-refractivity contribution in [1.29, 1.82) is 0 Å². The summed E-state index contributed by atoms with van der Waals surface area (Å²) in [4.78, 5) is 11.2. The van der Waals surface area contributed by atoms with E-state index in [1.807, 2.05) is 6.08 Å². The molecule has 0 saturated carbocycles. The van der Waals surface area contributed by atoms with E-state index in [2.05, 4.69) is 63.7 Å². The second-order valence-corrected chi connectivity index (χ2v) is 6.24. The van der Waals surface area contributed by atoms with Crippen LogP contribution in [0.25, 0.3) is 0 Å². The average Bonchev–Trinajstić information content (AvgIpc) is 2.41. The van der Waals surface area contributed by atoms with Crippen molar-refractivity contribution in [3.8, 4) is 0 Å². The molecule has 0 aliphatic rings. The molecule has 2 heteroatoms. The van der Waals surface area contributed by atoms with Crippen LogP contribution in [0.1, 0.15) is 54.4 Å². The molecule has 0 amide bonds. The van der Waals surface area contributed by atoms with E-state index in [9.17, 15) is 4.79 Å². The van der Waals surface area contributed by atoms with Gasteiger partial charge in [0.05, 0.1) is 7.11 Å². The van der Waals surface area contributed by atoms with Gasteiger partial charge < -0.3 is 4.74 Å². The predicted molar refractivity (Wildman–Crippen MR) is 91.1 cm³/mol. The first kappa shape index (κ1) is 19.4. The number of allylic oxidation sites excluding steroid dienone is 7. The second-order valence-electron chi connectivity index (χ2n) is 6.24. The molecule has 2 nitrogen and oxygen atoms in total. The summed E-state index contributed by atoms with van der Waals surface area (Å²) in [5.74, 6) is -0.252. The molecule has 0 aliphatic heterocycles. The number of methoxy groups -OCH3 is 1. The first-order valence-electron chi connectivity index (χ1n) is 7.49. The summed E-state index contributed by atoms with van der Waals surface area (Å²) in [6.45, 7) is 12.6. The molecule has 118 valence electrons. The number of rotatable bonds is 6. The van der Waals surface area contributed by atoms with Gasteiger partial charge in [-0.2, -0.15) is 0 Å². The number of carbonyl (C=O) groups is 1. The molecule has 0 heterocycles. The smallest absolute Gasteiger partial charge is 0.333 e. The molecule has 0 rings (SSSR count). The lowest BCUT2D eigenvalue weighted by Crippen LogP contribution is -2.07. The van der Waals surface area contributed by atoms with Crippen LogP contribution in [0.2, 0.25) is 0 Å². The third-order valence-corrected chi connectivity index (χ3v) is 3.23. The van der Waals surface area contributed by atoms with Crippen molar-refractivity contribution >= 4 is 5.97 Å². The van der Waals surface area contributed by atoms with Gasteiger partial charge in [-0.25, -0.2) is 4.79 Å². The zero-order valence-corrected chi connectivity index (χ0v) is 14.6. The van der Waals surface area contributed by atoms with Gasteiger partial charge in [0.25, 0.3) is 0 Å². The quantitative estimate of drug-likeness (QED) is 0.284. The van der Waals surface area contributed by atoms with E-state index in [4.69, 9.17) is 0 Å². The van der Waals surface area contributed by atoms with Crippen molar-refractivity contribution in [3.63, 3.8) is 0 Å². The molecular weight excluding hydrogens is 260 g/mol. The zero-order valence-electron chi connectivity index (χ0n) is 14.6. The summed E-state index contributed by atoms with van der Waals surface area (Å²) in [7, 11) is 1.40. The van der Waals surface area contributed by atoms with Crippen LogP contribution in [0.3, 0.4) is 0 Å². The van der Waals surface area contributed by atoms with Gasteiger partial charge in [0.2, 0.25) is 0 Å². The number of unbranched alkanes of at least 4 members (excludes halogenated alkanes) is 1. The van der Waals surface area contributed by atoms with Crippen molar-refractivity contribution in [1.82, 2.24) is 0 Å². The first-order valence-corrected chi connectivity index (χ1v) is 7.49. The van der Waals surface area contributed by atoms with Crippen molar-refractivity contribution in [3.05, 3.63) is 47.1 Å². The predicted octanol–water partition coefficient (Wildman–Crippen LogP) is 5.38. The van der Waals surface area contributed by atoms with Crippen LogP contribution in [0.5, 0.6) is 0 Å². The van der Waals surface area contributed by atoms with E-state index in [1.54, 1.807) is 6.92 Å². The Balaban J connectivity index is 4.48. The Labute approximate surface area is 130 Å². The van der Waals surface area contributed by atoms with E-state index >= 15 is 0 Å². The third-order valence-electron chi connectivity index (χ3n) is 3.23. The van der Waals surface area contributed by atoms with Crippen molar-refractivity contribution in [2.24, 2.45) is 5.41 Å². The molecule has 0 atom stereocenters. The highest BCUT2D eigenvalue weighted by atomic mass is 16.5. The maximum atomic E-state index is 11.2. The summed E-state index contributed by atoms with van der Waals surface area (Å²) >= 11 is 0. The number of hydrogen-bond donors (Lipinski definition) is 0. The number of carbonyl (C=O) groups excluding carboxylic acids is 1. The van der Waals surface area contributed by atoms with Crippen LogP contribution in [0.15, 0.2) is 47.1 Å². The van der Waals surface area contributed by atoms with Crippen LogP contribution in [0.4, 0.5) is 0 Å². The summed E-state index contributed by atoms with van der Waals surface area (Å²) < 4.78 is 4.65. The number of hydrogen-bond acceptors (Lipinski definition) is 2. The maximum Gasteiger partial charge on any atom is 0.333 e. The summed E-state index contributed by atoms with van der Waals surface area (Å²) in [6, 6.07) is 0. The van der Waals surface area contributed by atoms with Gasteiger partial charge in [-0.1, -0.05) is 56.7 Å². The third kappa shape index (κ3) is 8.34. The highest BCUT2D eigenvalue weighted by Gasteiger charge is 2.13. The highest BCUT2D eigenvalue weighted by molar-refractivity contribution is 5.87. The van der Waals surface area contributed by atoms with Gasteiger partial charge in [-0.3, -0.25) is 0 Å². The van der Waals surface area contributed by atoms with Crippen molar-refractivity contribution in [2.75, 3.05) is 7.11 Å². The largest absolute Gasteiger partial charge is 0.466 e. The van der Waals surface area contributed by atoms with Crippen LogP contribution in [-0.2, 0) is 9.53 Å². The van der Waals surface area contributed by atoms with Gasteiger partial charge in [0.15, 0.2) is 0 Å². The topological polar surface area (TPSA) is 26.3 Å². The molecule has 0 fully saturated rings.